The van der Waals surface area contributed by atoms with Gasteiger partial charge in [-0.3, -0.25) is 0 Å². The van der Waals surface area contributed by atoms with E-state index in [-0.39, 0.29) is 12.4 Å². The maximum absolute atomic E-state index is 13.6. The number of aryl methyl sites for hydroxylation is 2. The van der Waals surface area contributed by atoms with Crippen molar-refractivity contribution in [2.75, 3.05) is 0 Å². The smallest absolute Gasteiger partial charge is 0.129 e. The largest absolute Gasteiger partial charge is 0.489 e. The minimum Gasteiger partial charge on any atom is -0.489 e. The van der Waals surface area contributed by atoms with Gasteiger partial charge in [-0.1, -0.05) is 28.1 Å². The van der Waals surface area contributed by atoms with E-state index < -0.39 is 0 Å². The van der Waals surface area contributed by atoms with Crippen molar-refractivity contribution in [1.82, 2.24) is 0 Å². The topological polar surface area (TPSA) is 9.23 Å². The molecule has 0 spiro atoms. The molecule has 0 heterocycles. The Kier molecular flexibility index (Phi) is 4.02. The molecule has 18 heavy (non-hydrogen) atoms. The zero-order valence-corrected chi connectivity index (χ0v) is 11.9. The van der Waals surface area contributed by atoms with Gasteiger partial charge in [0.2, 0.25) is 0 Å². The molecule has 94 valence electrons. The van der Waals surface area contributed by atoms with Crippen molar-refractivity contribution in [3.63, 3.8) is 0 Å². The van der Waals surface area contributed by atoms with Crippen LogP contribution in [0, 0.1) is 19.7 Å². The molecular weight excluding hydrogens is 295 g/mol. The van der Waals surface area contributed by atoms with Crippen LogP contribution in [0.25, 0.3) is 0 Å². The highest BCUT2D eigenvalue weighted by molar-refractivity contribution is 9.10. The number of rotatable bonds is 3. The Morgan fingerprint density at radius 1 is 1.11 bits per heavy atom. The quantitative estimate of drug-likeness (QED) is 0.792. The molecule has 0 bridgehead atoms. The SMILES string of the molecule is Cc1ccc(C)c(OCc2cc(Br)ccc2F)c1. The zero-order valence-electron chi connectivity index (χ0n) is 10.3. The second-order valence-electron chi connectivity index (χ2n) is 4.29. The number of benzene rings is 2. The Morgan fingerprint density at radius 3 is 2.67 bits per heavy atom. The maximum Gasteiger partial charge on any atom is 0.129 e. The third-order valence-electron chi connectivity index (χ3n) is 2.73. The minimum atomic E-state index is -0.247. The molecule has 2 aromatic carbocycles. The molecule has 0 fully saturated rings. The van der Waals surface area contributed by atoms with Crippen molar-refractivity contribution < 1.29 is 9.13 Å². The van der Waals surface area contributed by atoms with Crippen molar-refractivity contribution in [3.05, 3.63) is 63.4 Å². The van der Waals surface area contributed by atoms with E-state index in [4.69, 9.17) is 4.74 Å². The molecule has 2 rings (SSSR count). The average Bonchev–Trinajstić information content (AvgIpc) is 2.34. The van der Waals surface area contributed by atoms with Crippen LogP contribution in [0.15, 0.2) is 40.9 Å². The van der Waals surface area contributed by atoms with Gasteiger partial charge in [0.25, 0.3) is 0 Å². The van der Waals surface area contributed by atoms with E-state index >= 15 is 0 Å². The summed E-state index contributed by atoms with van der Waals surface area (Å²) in [4.78, 5) is 0. The van der Waals surface area contributed by atoms with Gasteiger partial charge < -0.3 is 4.74 Å². The third-order valence-corrected chi connectivity index (χ3v) is 3.23. The van der Waals surface area contributed by atoms with Gasteiger partial charge in [-0.2, -0.15) is 0 Å². The van der Waals surface area contributed by atoms with E-state index in [1.165, 1.54) is 6.07 Å². The van der Waals surface area contributed by atoms with Crippen LogP contribution in [0.1, 0.15) is 16.7 Å². The Labute approximate surface area is 115 Å². The van der Waals surface area contributed by atoms with Gasteiger partial charge in [0.15, 0.2) is 0 Å². The van der Waals surface area contributed by atoms with E-state index in [1.807, 2.05) is 32.0 Å². The molecule has 0 N–H and O–H groups in total. The molecule has 0 saturated heterocycles. The molecule has 2 aromatic rings. The molecule has 1 nitrogen and oxygen atoms in total. The first-order chi connectivity index (χ1) is 8.56. The number of hydrogen-bond donors (Lipinski definition) is 0. The molecule has 3 heteroatoms. The van der Waals surface area contributed by atoms with Crippen LogP contribution >= 0.6 is 15.9 Å². The molecule has 0 aliphatic carbocycles. The second kappa shape index (κ2) is 5.53. The van der Waals surface area contributed by atoms with Crippen LogP contribution in [0.3, 0.4) is 0 Å². The summed E-state index contributed by atoms with van der Waals surface area (Å²) in [5.41, 5.74) is 2.73. The molecule has 0 aliphatic heterocycles. The normalized spacial score (nSPS) is 10.4. The predicted molar refractivity (Wildman–Crippen MR) is 74.3 cm³/mol. The Morgan fingerprint density at radius 2 is 1.89 bits per heavy atom. The summed E-state index contributed by atoms with van der Waals surface area (Å²) in [6.45, 7) is 4.22. The molecule has 0 radical (unpaired) electrons. The summed E-state index contributed by atoms with van der Waals surface area (Å²) in [6, 6.07) is 10.8. The summed E-state index contributed by atoms with van der Waals surface area (Å²) in [5.74, 6) is 0.554. The lowest BCUT2D eigenvalue weighted by atomic mass is 10.1. The first-order valence-electron chi connectivity index (χ1n) is 5.70. The van der Waals surface area contributed by atoms with Crippen LogP contribution in [0.2, 0.25) is 0 Å². The van der Waals surface area contributed by atoms with Gasteiger partial charge in [0.05, 0.1) is 0 Å². The van der Waals surface area contributed by atoms with Crippen LogP contribution in [-0.2, 0) is 6.61 Å². The van der Waals surface area contributed by atoms with Crippen LogP contribution in [-0.4, -0.2) is 0 Å². The van der Waals surface area contributed by atoms with Crippen molar-refractivity contribution in [2.45, 2.75) is 20.5 Å². The molecule has 0 unspecified atom stereocenters. The summed E-state index contributed by atoms with van der Waals surface area (Å²) < 4.78 is 20.1. The van der Waals surface area contributed by atoms with Crippen molar-refractivity contribution in [2.24, 2.45) is 0 Å². The van der Waals surface area contributed by atoms with E-state index in [1.54, 1.807) is 12.1 Å². The van der Waals surface area contributed by atoms with E-state index in [9.17, 15) is 4.39 Å². The van der Waals surface area contributed by atoms with Gasteiger partial charge in [-0.25, -0.2) is 4.39 Å². The first kappa shape index (κ1) is 13.1. The van der Waals surface area contributed by atoms with Crippen molar-refractivity contribution in [1.29, 1.82) is 0 Å². The standard InChI is InChI=1S/C15H14BrFO/c1-10-3-4-11(2)15(7-10)18-9-12-8-13(16)5-6-14(12)17/h3-8H,9H2,1-2H3. The predicted octanol–water partition coefficient (Wildman–Crippen LogP) is 4.78. The van der Waals surface area contributed by atoms with Gasteiger partial charge in [0, 0.05) is 10.0 Å². The number of ether oxygens (including phenoxy) is 1. The Balaban J connectivity index is 2.16. The maximum atomic E-state index is 13.6. The highest BCUT2D eigenvalue weighted by Gasteiger charge is 2.05. The van der Waals surface area contributed by atoms with E-state index in [0.717, 1.165) is 21.3 Å². The monoisotopic (exact) mass is 308 g/mol. The summed E-state index contributed by atoms with van der Waals surface area (Å²) in [7, 11) is 0. The van der Waals surface area contributed by atoms with E-state index in [2.05, 4.69) is 15.9 Å². The summed E-state index contributed by atoms with van der Waals surface area (Å²) in [5, 5.41) is 0. The lowest BCUT2D eigenvalue weighted by Gasteiger charge is -2.10. The zero-order chi connectivity index (χ0) is 13.1. The second-order valence-corrected chi connectivity index (χ2v) is 5.21. The first-order valence-corrected chi connectivity index (χ1v) is 6.49. The highest BCUT2D eigenvalue weighted by atomic mass is 79.9. The minimum absolute atomic E-state index is 0.232. The molecule has 0 amide bonds. The van der Waals surface area contributed by atoms with Crippen molar-refractivity contribution in [3.8, 4) is 5.75 Å². The summed E-state index contributed by atoms with van der Waals surface area (Å²) in [6.07, 6.45) is 0. The van der Waals surface area contributed by atoms with Crippen LogP contribution in [0.4, 0.5) is 4.39 Å². The lowest BCUT2D eigenvalue weighted by Crippen LogP contribution is -2.00. The van der Waals surface area contributed by atoms with Gasteiger partial charge in [-0.15, -0.1) is 0 Å². The highest BCUT2D eigenvalue weighted by Crippen LogP contribution is 2.22. The molecule has 0 saturated carbocycles. The lowest BCUT2D eigenvalue weighted by molar-refractivity contribution is 0.297. The molecule has 0 aliphatic rings. The molecule has 0 atom stereocenters. The van der Waals surface area contributed by atoms with E-state index in [0.29, 0.717) is 5.56 Å². The van der Waals surface area contributed by atoms with Crippen LogP contribution < -0.4 is 4.74 Å². The Bertz CT molecular complexity index is 515. The Hall–Kier alpha value is -1.35. The number of hydrogen-bond acceptors (Lipinski definition) is 1. The fourth-order valence-electron chi connectivity index (χ4n) is 1.67. The fraction of sp³-hybridized carbons (Fsp3) is 0.200. The van der Waals surface area contributed by atoms with Gasteiger partial charge >= 0.3 is 0 Å². The van der Waals surface area contributed by atoms with Crippen LogP contribution in [0.5, 0.6) is 5.75 Å². The average molecular weight is 309 g/mol. The molecular formula is C15H14BrFO. The summed E-state index contributed by atoms with van der Waals surface area (Å²) >= 11 is 3.33. The van der Waals surface area contributed by atoms with Gasteiger partial charge in [-0.05, 0) is 49.2 Å². The number of halogens is 2. The molecule has 0 aromatic heterocycles. The van der Waals surface area contributed by atoms with Gasteiger partial charge in [0.1, 0.15) is 18.2 Å². The van der Waals surface area contributed by atoms with Crippen molar-refractivity contribution >= 4 is 15.9 Å². The third kappa shape index (κ3) is 3.10. The fourth-order valence-corrected chi connectivity index (χ4v) is 2.08.